The second-order valence-electron chi connectivity index (χ2n) is 1.45. The fraction of sp³-hybridized carbons (Fsp3) is 0.600. The Balaban J connectivity index is 3.28. The van der Waals surface area contributed by atoms with Crippen LogP contribution >= 0.6 is 0 Å². The molecule has 4 heteroatoms. The van der Waals surface area contributed by atoms with Crippen molar-refractivity contribution in [1.29, 1.82) is 0 Å². The number of rotatable bonds is 2. The number of allylic oxidation sites excluding steroid dienone is 1. The Labute approximate surface area is 51.6 Å². The van der Waals surface area contributed by atoms with Crippen molar-refractivity contribution < 1.29 is 13.2 Å². The molecule has 0 radical (unpaired) electrons. The van der Waals surface area contributed by atoms with Gasteiger partial charge in [-0.25, -0.2) is 5.32 Å². The maximum atomic E-state index is 11.2. The average Bonchev–Trinajstić information content (AvgIpc) is 1.63. The smallest absolute Gasteiger partial charge is 0.224 e. The van der Waals surface area contributed by atoms with Crippen molar-refractivity contribution in [3.05, 3.63) is 12.2 Å². The SMILES string of the molecule is CC=CCNC(F)(F)F. The summed E-state index contributed by atoms with van der Waals surface area (Å²) >= 11 is 0. The van der Waals surface area contributed by atoms with Crippen molar-refractivity contribution in [3.8, 4) is 0 Å². The van der Waals surface area contributed by atoms with E-state index in [1.165, 1.54) is 11.4 Å². The average molecular weight is 139 g/mol. The van der Waals surface area contributed by atoms with Gasteiger partial charge in [-0.3, -0.25) is 0 Å². The van der Waals surface area contributed by atoms with Crippen molar-refractivity contribution in [1.82, 2.24) is 5.32 Å². The third-order valence-corrected chi connectivity index (χ3v) is 0.656. The van der Waals surface area contributed by atoms with E-state index in [0.717, 1.165) is 0 Å². The first-order chi connectivity index (χ1) is 4.06. The van der Waals surface area contributed by atoms with Crippen molar-refractivity contribution in [2.45, 2.75) is 13.2 Å². The van der Waals surface area contributed by atoms with Gasteiger partial charge in [-0.1, -0.05) is 12.2 Å². The molecule has 1 N–H and O–H groups in total. The maximum Gasteiger partial charge on any atom is 0.457 e. The monoisotopic (exact) mass is 139 g/mol. The molecule has 0 rings (SSSR count). The van der Waals surface area contributed by atoms with Gasteiger partial charge >= 0.3 is 6.30 Å². The first kappa shape index (κ1) is 8.49. The molecule has 54 valence electrons. The van der Waals surface area contributed by atoms with E-state index in [2.05, 4.69) is 0 Å². The van der Waals surface area contributed by atoms with E-state index >= 15 is 0 Å². The van der Waals surface area contributed by atoms with Gasteiger partial charge in [-0.05, 0) is 6.92 Å². The van der Waals surface area contributed by atoms with Gasteiger partial charge in [0.2, 0.25) is 0 Å². The van der Waals surface area contributed by atoms with Gasteiger partial charge in [0.1, 0.15) is 0 Å². The van der Waals surface area contributed by atoms with Crippen LogP contribution in [0.3, 0.4) is 0 Å². The molecule has 0 unspecified atom stereocenters. The third-order valence-electron chi connectivity index (χ3n) is 0.656. The number of nitrogens with one attached hydrogen (secondary N) is 1. The Hall–Kier alpha value is -0.510. The minimum Gasteiger partial charge on any atom is -0.224 e. The third kappa shape index (κ3) is 7.49. The summed E-state index contributed by atoms with van der Waals surface area (Å²) in [5.74, 6) is 0. The van der Waals surface area contributed by atoms with Crippen molar-refractivity contribution in [2.75, 3.05) is 6.54 Å². The molecular weight excluding hydrogens is 131 g/mol. The van der Waals surface area contributed by atoms with Crippen LogP contribution in [-0.2, 0) is 0 Å². The van der Waals surface area contributed by atoms with Crippen molar-refractivity contribution in [2.24, 2.45) is 0 Å². The summed E-state index contributed by atoms with van der Waals surface area (Å²) < 4.78 is 33.7. The highest BCUT2D eigenvalue weighted by Crippen LogP contribution is 2.08. The minimum absolute atomic E-state index is 0.153. The molecular formula is C5H8F3N. The van der Waals surface area contributed by atoms with Gasteiger partial charge in [0.25, 0.3) is 0 Å². The minimum atomic E-state index is -4.25. The molecule has 9 heavy (non-hydrogen) atoms. The van der Waals surface area contributed by atoms with E-state index in [4.69, 9.17) is 0 Å². The first-order valence-corrected chi connectivity index (χ1v) is 2.49. The fourth-order valence-corrected chi connectivity index (χ4v) is 0.293. The lowest BCUT2D eigenvalue weighted by Gasteiger charge is -2.03. The highest BCUT2D eigenvalue weighted by atomic mass is 19.4. The highest BCUT2D eigenvalue weighted by Gasteiger charge is 2.24. The van der Waals surface area contributed by atoms with Gasteiger partial charge in [0.15, 0.2) is 0 Å². The molecule has 0 atom stereocenters. The molecule has 0 aromatic heterocycles. The lowest BCUT2D eigenvalue weighted by molar-refractivity contribution is -0.154. The van der Waals surface area contributed by atoms with Crippen LogP contribution in [0.4, 0.5) is 13.2 Å². The summed E-state index contributed by atoms with van der Waals surface area (Å²) in [5, 5.41) is 1.34. The topological polar surface area (TPSA) is 12.0 Å². The fourth-order valence-electron chi connectivity index (χ4n) is 0.293. The summed E-state index contributed by atoms with van der Waals surface area (Å²) in [5.41, 5.74) is 0. The Morgan fingerprint density at radius 2 is 2.00 bits per heavy atom. The van der Waals surface area contributed by atoms with E-state index in [1.54, 1.807) is 13.0 Å². The van der Waals surface area contributed by atoms with Crippen LogP contribution in [0.15, 0.2) is 12.2 Å². The Morgan fingerprint density at radius 3 is 2.33 bits per heavy atom. The molecule has 0 bridgehead atoms. The molecule has 0 saturated carbocycles. The van der Waals surface area contributed by atoms with Crippen LogP contribution in [0, 0.1) is 0 Å². The summed E-state index contributed by atoms with van der Waals surface area (Å²) in [6, 6.07) is 0. The zero-order chi connectivity index (χ0) is 7.33. The molecule has 0 aromatic rings. The quantitative estimate of drug-likeness (QED) is 0.453. The molecule has 0 fully saturated rings. The molecule has 0 aromatic carbocycles. The standard InChI is InChI=1S/C5H8F3N/c1-2-3-4-9-5(6,7)8/h2-3,9H,4H2,1H3. The Morgan fingerprint density at radius 1 is 1.44 bits per heavy atom. The molecule has 0 aliphatic heterocycles. The summed E-state index contributed by atoms with van der Waals surface area (Å²) in [6.07, 6.45) is -1.30. The molecule has 1 nitrogen and oxygen atoms in total. The van der Waals surface area contributed by atoms with Crippen molar-refractivity contribution in [3.63, 3.8) is 0 Å². The number of hydrogen-bond acceptors (Lipinski definition) is 1. The zero-order valence-corrected chi connectivity index (χ0v) is 5.00. The second-order valence-corrected chi connectivity index (χ2v) is 1.45. The Bertz CT molecular complexity index is 94.9. The van der Waals surface area contributed by atoms with Crippen molar-refractivity contribution >= 4 is 0 Å². The molecule has 0 aliphatic rings. The van der Waals surface area contributed by atoms with Crippen LogP contribution in [-0.4, -0.2) is 12.8 Å². The number of alkyl halides is 3. The van der Waals surface area contributed by atoms with Crippen LogP contribution in [0.5, 0.6) is 0 Å². The maximum absolute atomic E-state index is 11.2. The van der Waals surface area contributed by atoms with Crippen LogP contribution in [0.25, 0.3) is 0 Å². The van der Waals surface area contributed by atoms with Gasteiger partial charge in [-0.15, -0.1) is 0 Å². The van der Waals surface area contributed by atoms with Gasteiger partial charge in [0, 0.05) is 6.54 Å². The Kier molecular flexibility index (Phi) is 3.30. The zero-order valence-electron chi connectivity index (χ0n) is 5.00. The molecule has 0 heterocycles. The number of hydrogen-bond donors (Lipinski definition) is 1. The predicted octanol–water partition coefficient (Wildman–Crippen LogP) is 1.67. The summed E-state index contributed by atoms with van der Waals surface area (Å²) in [4.78, 5) is 0. The largest absolute Gasteiger partial charge is 0.457 e. The highest BCUT2D eigenvalue weighted by molar-refractivity contribution is 4.79. The molecule has 0 saturated heterocycles. The number of halogens is 3. The first-order valence-electron chi connectivity index (χ1n) is 2.49. The van der Waals surface area contributed by atoms with E-state index in [-0.39, 0.29) is 6.54 Å². The van der Waals surface area contributed by atoms with Gasteiger partial charge in [-0.2, -0.15) is 13.2 Å². The van der Waals surface area contributed by atoms with Crippen LogP contribution < -0.4 is 5.32 Å². The normalized spacial score (nSPS) is 12.9. The molecule has 0 aliphatic carbocycles. The second kappa shape index (κ2) is 3.50. The molecule has 0 spiro atoms. The summed E-state index contributed by atoms with van der Waals surface area (Å²) in [6.45, 7) is 1.51. The molecule has 0 amide bonds. The summed E-state index contributed by atoms with van der Waals surface area (Å²) in [7, 11) is 0. The lowest BCUT2D eigenvalue weighted by Crippen LogP contribution is -2.31. The lowest BCUT2D eigenvalue weighted by atomic mass is 10.5. The van der Waals surface area contributed by atoms with Gasteiger partial charge in [0.05, 0.1) is 0 Å². The van der Waals surface area contributed by atoms with Crippen LogP contribution in [0.2, 0.25) is 0 Å². The van der Waals surface area contributed by atoms with E-state index in [1.807, 2.05) is 0 Å². The van der Waals surface area contributed by atoms with E-state index in [0.29, 0.717) is 0 Å². The van der Waals surface area contributed by atoms with E-state index in [9.17, 15) is 13.2 Å². The van der Waals surface area contributed by atoms with Gasteiger partial charge < -0.3 is 0 Å². The van der Waals surface area contributed by atoms with E-state index < -0.39 is 6.30 Å². The van der Waals surface area contributed by atoms with Crippen LogP contribution in [0.1, 0.15) is 6.92 Å². The predicted molar refractivity (Wildman–Crippen MR) is 28.9 cm³/mol.